The molecule has 24 heavy (non-hydrogen) atoms. The summed E-state index contributed by atoms with van der Waals surface area (Å²) in [6.45, 7) is 8.41. The highest BCUT2D eigenvalue weighted by molar-refractivity contribution is 5.32. The van der Waals surface area contributed by atoms with Gasteiger partial charge in [0.05, 0.1) is 12.6 Å². The number of hydrogen-bond donors (Lipinski definition) is 0. The molecule has 0 amide bonds. The average Bonchev–Trinajstić information content (AvgIpc) is 2.87. The second-order valence-corrected chi connectivity index (χ2v) is 5.84. The fourth-order valence-electron chi connectivity index (χ4n) is 2.99. The third-order valence-corrected chi connectivity index (χ3v) is 4.30. The smallest absolute Gasteiger partial charge is 0.228 e. The van der Waals surface area contributed by atoms with E-state index < -0.39 is 0 Å². The number of hydrogen-bond acceptors (Lipinski definition) is 8. The van der Waals surface area contributed by atoms with Gasteiger partial charge in [-0.15, -0.1) is 5.10 Å². The maximum atomic E-state index is 5.48. The van der Waals surface area contributed by atoms with E-state index in [9.17, 15) is 0 Å². The summed E-state index contributed by atoms with van der Waals surface area (Å²) in [7, 11) is 1.88. The van der Waals surface area contributed by atoms with Gasteiger partial charge in [-0.05, 0) is 30.7 Å². The van der Waals surface area contributed by atoms with Gasteiger partial charge in [-0.2, -0.15) is 4.98 Å². The molecule has 2 aromatic heterocycles. The van der Waals surface area contributed by atoms with Crippen molar-refractivity contribution in [2.75, 3.05) is 37.7 Å². The molecule has 0 N–H and O–H groups in total. The molecule has 9 nitrogen and oxygen atoms in total. The lowest BCUT2D eigenvalue weighted by Crippen LogP contribution is -2.34. The van der Waals surface area contributed by atoms with Crippen molar-refractivity contribution in [3.05, 3.63) is 18.1 Å². The van der Waals surface area contributed by atoms with Crippen molar-refractivity contribution >= 4 is 5.95 Å². The predicted octanol–water partition coefficient (Wildman–Crippen LogP) is 0.672. The molecule has 0 bridgehead atoms. The Morgan fingerprint density at radius 3 is 2.88 bits per heavy atom. The summed E-state index contributed by atoms with van der Waals surface area (Å²) in [5.41, 5.74) is 0. The maximum Gasteiger partial charge on any atom is 0.228 e. The van der Waals surface area contributed by atoms with Crippen LogP contribution in [0.2, 0.25) is 0 Å². The topological polar surface area (TPSA) is 85.1 Å². The first kappa shape index (κ1) is 16.6. The monoisotopic (exact) mass is 332 g/mol. The first-order chi connectivity index (χ1) is 11.7. The highest BCUT2D eigenvalue weighted by Gasteiger charge is 2.24. The zero-order chi connectivity index (χ0) is 16.9. The van der Waals surface area contributed by atoms with Crippen LogP contribution in [0.5, 0.6) is 5.88 Å². The summed E-state index contributed by atoms with van der Waals surface area (Å²) in [6, 6.07) is 1.97. The molecule has 1 fully saturated rings. The normalized spacial score (nSPS) is 17.5. The fraction of sp³-hybridized carbons (Fsp3) is 0.667. The second kappa shape index (κ2) is 7.52. The van der Waals surface area contributed by atoms with E-state index in [1.165, 1.54) is 0 Å². The first-order valence-electron chi connectivity index (χ1n) is 8.36. The molecule has 2 aromatic rings. The second-order valence-electron chi connectivity index (χ2n) is 5.84. The molecule has 3 rings (SSSR count). The van der Waals surface area contributed by atoms with E-state index >= 15 is 0 Å². The average molecular weight is 332 g/mol. The van der Waals surface area contributed by atoms with E-state index in [-0.39, 0.29) is 6.04 Å². The van der Waals surface area contributed by atoms with Gasteiger partial charge in [-0.25, -0.2) is 9.67 Å². The number of nitrogens with zero attached hydrogens (tertiary/aromatic N) is 8. The Bertz CT molecular complexity index is 660. The lowest BCUT2D eigenvalue weighted by atomic mass is 10.2. The van der Waals surface area contributed by atoms with Crippen LogP contribution in [0.1, 0.15) is 32.1 Å². The van der Waals surface area contributed by atoms with Crippen LogP contribution >= 0.6 is 0 Å². The molecule has 0 radical (unpaired) electrons. The van der Waals surface area contributed by atoms with Gasteiger partial charge in [0.1, 0.15) is 0 Å². The van der Waals surface area contributed by atoms with E-state index in [2.05, 4.69) is 42.2 Å². The molecule has 1 saturated heterocycles. The van der Waals surface area contributed by atoms with Crippen LogP contribution in [-0.2, 0) is 7.05 Å². The van der Waals surface area contributed by atoms with Crippen molar-refractivity contribution in [3.63, 3.8) is 0 Å². The van der Waals surface area contributed by atoms with Gasteiger partial charge < -0.3 is 9.64 Å². The van der Waals surface area contributed by atoms with E-state index in [0.717, 1.165) is 44.4 Å². The summed E-state index contributed by atoms with van der Waals surface area (Å²) >= 11 is 0. The molecular formula is C15H24N8O. The molecule has 0 aliphatic carbocycles. The summed E-state index contributed by atoms with van der Waals surface area (Å²) in [5.74, 6) is 2.25. The summed E-state index contributed by atoms with van der Waals surface area (Å²) < 4.78 is 7.22. The summed E-state index contributed by atoms with van der Waals surface area (Å²) in [6.07, 6.45) is 2.79. The zero-order valence-corrected chi connectivity index (χ0v) is 14.5. The summed E-state index contributed by atoms with van der Waals surface area (Å²) in [4.78, 5) is 13.5. The Morgan fingerprint density at radius 1 is 1.25 bits per heavy atom. The zero-order valence-electron chi connectivity index (χ0n) is 14.5. The van der Waals surface area contributed by atoms with Gasteiger partial charge in [-0.3, -0.25) is 4.90 Å². The van der Waals surface area contributed by atoms with E-state index in [4.69, 9.17) is 4.74 Å². The van der Waals surface area contributed by atoms with Gasteiger partial charge in [-0.1, -0.05) is 0 Å². The van der Waals surface area contributed by atoms with Crippen molar-refractivity contribution < 1.29 is 4.74 Å². The van der Waals surface area contributed by atoms with Crippen molar-refractivity contribution in [3.8, 4) is 5.88 Å². The third kappa shape index (κ3) is 3.61. The van der Waals surface area contributed by atoms with Crippen LogP contribution in [0.3, 0.4) is 0 Å². The molecule has 3 heterocycles. The predicted molar refractivity (Wildman–Crippen MR) is 88.8 cm³/mol. The minimum Gasteiger partial charge on any atom is -0.478 e. The Morgan fingerprint density at radius 2 is 2.12 bits per heavy atom. The van der Waals surface area contributed by atoms with Crippen LogP contribution < -0.4 is 9.64 Å². The van der Waals surface area contributed by atoms with E-state index in [1.807, 2.05) is 14.0 Å². The largest absolute Gasteiger partial charge is 0.478 e. The Labute approximate surface area is 141 Å². The molecule has 1 aliphatic rings. The van der Waals surface area contributed by atoms with Crippen LogP contribution in [0.15, 0.2) is 12.3 Å². The SMILES string of the molecule is CCOc1ccnc(N2CCCN([C@@H](C)c3nnnn3C)CC2)n1. The molecule has 9 heteroatoms. The fourth-order valence-corrected chi connectivity index (χ4v) is 2.99. The Balaban J connectivity index is 1.67. The van der Waals surface area contributed by atoms with Crippen LogP contribution in [0.25, 0.3) is 0 Å². The number of aromatic nitrogens is 6. The number of tetrazole rings is 1. The number of rotatable bonds is 5. The van der Waals surface area contributed by atoms with Crippen LogP contribution in [0, 0.1) is 0 Å². The molecule has 1 atom stereocenters. The van der Waals surface area contributed by atoms with Crippen molar-refractivity contribution in [1.29, 1.82) is 0 Å². The van der Waals surface area contributed by atoms with Gasteiger partial charge in [0.25, 0.3) is 0 Å². The molecule has 0 aromatic carbocycles. The molecule has 0 saturated carbocycles. The molecule has 0 unspecified atom stereocenters. The number of anilines is 1. The van der Waals surface area contributed by atoms with Gasteiger partial charge >= 0.3 is 0 Å². The van der Waals surface area contributed by atoms with E-state index in [1.54, 1.807) is 16.9 Å². The lowest BCUT2D eigenvalue weighted by molar-refractivity contribution is 0.213. The Hall–Kier alpha value is -2.29. The van der Waals surface area contributed by atoms with Crippen LogP contribution in [-0.4, -0.2) is 67.9 Å². The highest BCUT2D eigenvalue weighted by Crippen LogP contribution is 2.21. The minimum absolute atomic E-state index is 0.181. The van der Waals surface area contributed by atoms with Crippen LogP contribution in [0.4, 0.5) is 5.95 Å². The quantitative estimate of drug-likeness (QED) is 0.790. The van der Waals surface area contributed by atoms with Gasteiger partial charge in [0.2, 0.25) is 11.8 Å². The van der Waals surface area contributed by atoms with Crippen molar-refractivity contribution in [1.82, 2.24) is 35.1 Å². The molecular weight excluding hydrogens is 308 g/mol. The first-order valence-corrected chi connectivity index (χ1v) is 8.36. The molecule has 1 aliphatic heterocycles. The molecule has 0 spiro atoms. The van der Waals surface area contributed by atoms with Gasteiger partial charge in [0.15, 0.2) is 5.82 Å². The third-order valence-electron chi connectivity index (χ3n) is 4.30. The van der Waals surface area contributed by atoms with Crippen molar-refractivity contribution in [2.45, 2.75) is 26.3 Å². The Kier molecular flexibility index (Phi) is 5.19. The lowest BCUT2D eigenvalue weighted by Gasteiger charge is -2.26. The minimum atomic E-state index is 0.181. The number of ether oxygens (including phenoxy) is 1. The van der Waals surface area contributed by atoms with E-state index in [0.29, 0.717) is 12.5 Å². The maximum absolute atomic E-state index is 5.48. The van der Waals surface area contributed by atoms with Gasteiger partial charge in [0, 0.05) is 45.5 Å². The van der Waals surface area contributed by atoms with Crippen molar-refractivity contribution in [2.24, 2.45) is 7.05 Å². The highest BCUT2D eigenvalue weighted by atomic mass is 16.5. The number of aryl methyl sites for hydroxylation is 1. The molecule has 130 valence electrons. The summed E-state index contributed by atoms with van der Waals surface area (Å²) in [5, 5.41) is 11.8. The standard InChI is InChI=1S/C15H24N8O/c1-4-24-13-6-7-16-15(17-13)23-9-5-8-22(10-11-23)12(2)14-18-19-20-21(14)3/h6-7,12H,4-5,8-11H2,1-3H3/t12-/m0/s1.